The number of nitrogens with zero attached hydrogens (tertiary/aromatic N) is 2. The zero-order chi connectivity index (χ0) is 13.8. The maximum absolute atomic E-state index is 5.84. The molecule has 2 aromatic rings. The summed E-state index contributed by atoms with van der Waals surface area (Å²) >= 11 is 1.75. The molecule has 1 atom stereocenters. The van der Waals surface area contributed by atoms with Crippen LogP contribution in [0, 0.1) is 0 Å². The van der Waals surface area contributed by atoms with Gasteiger partial charge in [0.2, 0.25) is 0 Å². The van der Waals surface area contributed by atoms with Gasteiger partial charge in [0.25, 0.3) is 0 Å². The van der Waals surface area contributed by atoms with E-state index < -0.39 is 0 Å². The van der Waals surface area contributed by atoms with Gasteiger partial charge in [-0.3, -0.25) is 0 Å². The van der Waals surface area contributed by atoms with Crippen LogP contribution in [0.5, 0.6) is 0 Å². The second-order valence-electron chi connectivity index (χ2n) is 5.03. The zero-order valence-electron chi connectivity index (χ0n) is 12.0. The van der Waals surface area contributed by atoms with E-state index in [1.165, 1.54) is 17.5 Å². The minimum atomic E-state index is 0.532. The number of thiazole rings is 1. The van der Waals surface area contributed by atoms with E-state index in [1.807, 2.05) is 18.2 Å². The van der Waals surface area contributed by atoms with Crippen molar-refractivity contribution in [3.05, 3.63) is 18.2 Å². The van der Waals surface area contributed by atoms with Crippen LogP contribution in [0.25, 0.3) is 10.2 Å². The lowest BCUT2D eigenvalue weighted by Gasteiger charge is -2.27. The summed E-state index contributed by atoms with van der Waals surface area (Å²) in [5.74, 6) is 0. The van der Waals surface area contributed by atoms with Crippen LogP contribution in [0.4, 0.5) is 10.8 Å². The molecule has 2 rings (SSSR count). The predicted octanol–water partition coefficient (Wildman–Crippen LogP) is 4.28. The van der Waals surface area contributed by atoms with Gasteiger partial charge in [0.05, 0.1) is 10.2 Å². The van der Waals surface area contributed by atoms with Crippen LogP contribution in [0.2, 0.25) is 0 Å². The van der Waals surface area contributed by atoms with E-state index in [0.717, 1.165) is 29.3 Å². The van der Waals surface area contributed by atoms with Crippen LogP contribution in [0.1, 0.15) is 40.0 Å². The third kappa shape index (κ3) is 3.18. The largest absolute Gasteiger partial charge is 0.399 e. The van der Waals surface area contributed by atoms with Crippen molar-refractivity contribution in [1.82, 2.24) is 4.98 Å². The number of nitrogen functional groups attached to an aromatic ring is 1. The first kappa shape index (κ1) is 14.1. The van der Waals surface area contributed by atoms with Crippen molar-refractivity contribution in [2.45, 2.75) is 46.1 Å². The Morgan fingerprint density at radius 2 is 2.16 bits per heavy atom. The second kappa shape index (κ2) is 6.24. The Morgan fingerprint density at radius 1 is 1.37 bits per heavy atom. The number of hydrogen-bond donors (Lipinski definition) is 1. The molecule has 0 aliphatic carbocycles. The van der Waals surface area contributed by atoms with Gasteiger partial charge in [-0.25, -0.2) is 4.98 Å². The summed E-state index contributed by atoms with van der Waals surface area (Å²) in [6, 6.07) is 6.49. The molecule has 0 spiro atoms. The number of benzene rings is 1. The summed E-state index contributed by atoms with van der Waals surface area (Å²) in [4.78, 5) is 7.20. The summed E-state index contributed by atoms with van der Waals surface area (Å²) in [7, 11) is 0. The van der Waals surface area contributed by atoms with Gasteiger partial charge in [-0.15, -0.1) is 0 Å². The Labute approximate surface area is 119 Å². The average Bonchev–Trinajstić information content (AvgIpc) is 2.81. The van der Waals surface area contributed by atoms with E-state index >= 15 is 0 Å². The fourth-order valence-electron chi connectivity index (χ4n) is 2.11. The van der Waals surface area contributed by atoms with Crippen LogP contribution in [0.15, 0.2) is 18.2 Å². The normalized spacial score (nSPS) is 12.8. The van der Waals surface area contributed by atoms with E-state index in [0.29, 0.717) is 6.04 Å². The number of unbranched alkanes of at least 4 members (excludes halogenated alkanes) is 1. The molecular weight excluding hydrogens is 254 g/mol. The van der Waals surface area contributed by atoms with Gasteiger partial charge in [0.1, 0.15) is 0 Å². The first-order valence-corrected chi connectivity index (χ1v) is 7.90. The number of rotatable bonds is 6. The lowest BCUT2D eigenvalue weighted by atomic mass is 10.2. The third-order valence-corrected chi connectivity index (χ3v) is 4.58. The summed E-state index contributed by atoms with van der Waals surface area (Å²) in [6.45, 7) is 7.82. The lowest BCUT2D eigenvalue weighted by molar-refractivity contribution is 0.595. The molecule has 0 bridgehead atoms. The molecule has 0 radical (unpaired) electrons. The number of nitrogens with two attached hydrogens (primary N) is 1. The lowest BCUT2D eigenvalue weighted by Crippen LogP contribution is -2.33. The topological polar surface area (TPSA) is 42.2 Å². The molecule has 0 fully saturated rings. The molecule has 0 aliphatic rings. The van der Waals surface area contributed by atoms with Crippen LogP contribution < -0.4 is 10.6 Å². The maximum Gasteiger partial charge on any atom is 0.186 e. The molecule has 0 amide bonds. The summed E-state index contributed by atoms with van der Waals surface area (Å²) in [5.41, 5.74) is 7.71. The highest BCUT2D eigenvalue weighted by atomic mass is 32.1. The van der Waals surface area contributed by atoms with Crippen molar-refractivity contribution in [1.29, 1.82) is 0 Å². The fourth-order valence-corrected chi connectivity index (χ4v) is 3.25. The Bertz CT molecular complexity index is 535. The highest BCUT2D eigenvalue weighted by molar-refractivity contribution is 7.22. The van der Waals surface area contributed by atoms with E-state index in [4.69, 9.17) is 10.7 Å². The quantitative estimate of drug-likeness (QED) is 0.801. The molecule has 2 N–H and O–H groups in total. The first-order chi connectivity index (χ1) is 9.15. The third-order valence-electron chi connectivity index (χ3n) is 3.52. The minimum absolute atomic E-state index is 0.532. The van der Waals surface area contributed by atoms with E-state index in [9.17, 15) is 0 Å². The molecule has 1 unspecified atom stereocenters. The molecule has 0 aliphatic heterocycles. The number of anilines is 2. The Hall–Kier alpha value is -1.29. The van der Waals surface area contributed by atoms with Crippen LogP contribution in [-0.2, 0) is 0 Å². The van der Waals surface area contributed by atoms with Gasteiger partial charge in [0, 0.05) is 18.3 Å². The summed E-state index contributed by atoms with van der Waals surface area (Å²) in [6.07, 6.45) is 3.56. The van der Waals surface area contributed by atoms with E-state index in [2.05, 4.69) is 25.7 Å². The first-order valence-electron chi connectivity index (χ1n) is 7.08. The van der Waals surface area contributed by atoms with E-state index in [1.54, 1.807) is 11.3 Å². The Kier molecular flexibility index (Phi) is 4.64. The molecule has 3 nitrogen and oxygen atoms in total. The second-order valence-corrected chi connectivity index (χ2v) is 6.04. The SMILES string of the molecule is CCCCN(c1nc2ccc(N)cc2s1)C(C)CC. The van der Waals surface area contributed by atoms with E-state index in [-0.39, 0.29) is 0 Å². The monoisotopic (exact) mass is 277 g/mol. The molecule has 1 heterocycles. The number of fused-ring (bicyclic) bond motifs is 1. The molecule has 4 heteroatoms. The molecular formula is C15H23N3S. The van der Waals surface area contributed by atoms with Crippen molar-refractivity contribution in [3.8, 4) is 0 Å². The molecule has 104 valence electrons. The highest BCUT2D eigenvalue weighted by Gasteiger charge is 2.16. The van der Waals surface area contributed by atoms with Gasteiger partial charge in [-0.1, -0.05) is 31.6 Å². The number of hydrogen-bond acceptors (Lipinski definition) is 4. The number of aromatic nitrogens is 1. The summed E-state index contributed by atoms with van der Waals surface area (Å²) in [5, 5.41) is 1.13. The van der Waals surface area contributed by atoms with Crippen molar-refractivity contribution >= 4 is 32.4 Å². The van der Waals surface area contributed by atoms with Gasteiger partial charge in [0.15, 0.2) is 5.13 Å². The molecule has 1 aromatic carbocycles. The van der Waals surface area contributed by atoms with Crippen molar-refractivity contribution < 1.29 is 0 Å². The standard InChI is InChI=1S/C15H23N3S/c1-4-6-9-18(11(3)5-2)15-17-13-8-7-12(16)10-14(13)19-15/h7-8,10-11H,4-6,9,16H2,1-3H3. The predicted molar refractivity (Wildman–Crippen MR) is 86.0 cm³/mol. The fraction of sp³-hybridized carbons (Fsp3) is 0.533. The van der Waals surface area contributed by atoms with Crippen LogP contribution in [0.3, 0.4) is 0 Å². The van der Waals surface area contributed by atoms with Gasteiger partial charge < -0.3 is 10.6 Å². The van der Waals surface area contributed by atoms with Gasteiger partial charge in [-0.05, 0) is 38.0 Å². The van der Waals surface area contributed by atoms with Crippen LogP contribution >= 0.6 is 11.3 Å². The Balaban J connectivity index is 2.32. The Morgan fingerprint density at radius 3 is 2.84 bits per heavy atom. The van der Waals surface area contributed by atoms with Crippen molar-refractivity contribution in [3.63, 3.8) is 0 Å². The smallest absolute Gasteiger partial charge is 0.186 e. The molecule has 19 heavy (non-hydrogen) atoms. The molecule has 0 saturated carbocycles. The summed E-state index contributed by atoms with van der Waals surface area (Å²) < 4.78 is 1.18. The van der Waals surface area contributed by atoms with Gasteiger partial charge in [-0.2, -0.15) is 0 Å². The molecule has 1 aromatic heterocycles. The van der Waals surface area contributed by atoms with Gasteiger partial charge >= 0.3 is 0 Å². The maximum atomic E-state index is 5.84. The zero-order valence-corrected chi connectivity index (χ0v) is 12.8. The highest BCUT2D eigenvalue weighted by Crippen LogP contribution is 2.31. The van der Waals surface area contributed by atoms with Crippen molar-refractivity contribution in [2.75, 3.05) is 17.2 Å². The average molecular weight is 277 g/mol. The van der Waals surface area contributed by atoms with Crippen molar-refractivity contribution in [2.24, 2.45) is 0 Å². The van der Waals surface area contributed by atoms with Crippen LogP contribution in [-0.4, -0.2) is 17.6 Å². The molecule has 0 saturated heterocycles. The minimum Gasteiger partial charge on any atom is -0.399 e.